The van der Waals surface area contributed by atoms with E-state index in [1.54, 1.807) is 6.26 Å². The average Bonchev–Trinajstić information content (AvgIpc) is 2.76. The minimum Gasteiger partial charge on any atom is -0.466 e. The second kappa shape index (κ2) is 5.38. The van der Waals surface area contributed by atoms with Gasteiger partial charge in [0.2, 0.25) is 0 Å². The second-order valence-electron chi connectivity index (χ2n) is 4.67. The van der Waals surface area contributed by atoms with Crippen LogP contribution in [0.15, 0.2) is 41.0 Å². The van der Waals surface area contributed by atoms with Crippen molar-refractivity contribution in [3.8, 4) is 0 Å². The van der Waals surface area contributed by atoms with Gasteiger partial charge in [0.15, 0.2) is 0 Å². The molecule has 3 nitrogen and oxygen atoms in total. The molecule has 18 heavy (non-hydrogen) atoms. The van der Waals surface area contributed by atoms with E-state index in [-0.39, 0.29) is 5.92 Å². The van der Waals surface area contributed by atoms with E-state index in [2.05, 4.69) is 6.07 Å². The van der Waals surface area contributed by atoms with Gasteiger partial charge in [0.25, 0.3) is 0 Å². The normalized spacial score (nSPS) is 14.4. The van der Waals surface area contributed by atoms with Gasteiger partial charge in [0, 0.05) is 12.5 Å². The number of aliphatic hydroxyl groups is 1. The zero-order valence-corrected chi connectivity index (χ0v) is 10.8. The van der Waals surface area contributed by atoms with Gasteiger partial charge in [0.05, 0.1) is 6.26 Å². The number of furan rings is 1. The third kappa shape index (κ3) is 2.47. The van der Waals surface area contributed by atoms with E-state index in [4.69, 9.17) is 10.2 Å². The van der Waals surface area contributed by atoms with Crippen molar-refractivity contribution < 1.29 is 9.52 Å². The minimum absolute atomic E-state index is 0.144. The molecule has 0 saturated heterocycles. The molecule has 0 aliphatic rings. The first-order chi connectivity index (χ1) is 8.63. The summed E-state index contributed by atoms with van der Waals surface area (Å²) in [6.07, 6.45) is 0.893. The Kier molecular flexibility index (Phi) is 3.84. The van der Waals surface area contributed by atoms with Crippen LogP contribution in [0.3, 0.4) is 0 Å². The molecule has 2 aromatic rings. The van der Waals surface area contributed by atoms with Crippen molar-refractivity contribution in [1.82, 2.24) is 0 Å². The highest BCUT2D eigenvalue weighted by Gasteiger charge is 2.25. The van der Waals surface area contributed by atoms with Crippen molar-refractivity contribution in [1.29, 1.82) is 0 Å². The molecular weight excluding hydrogens is 226 g/mol. The number of aliphatic hydroxyl groups excluding tert-OH is 1. The van der Waals surface area contributed by atoms with Crippen LogP contribution in [-0.4, -0.2) is 11.7 Å². The number of rotatable bonds is 4. The Morgan fingerprint density at radius 2 is 2.06 bits per heavy atom. The number of hydrogen-bond donors (Lipinski definition) is 2. The Bertz CT molecular complexity index is 519. The van der Waals surface area contributed by atoms with Gasteiger partial charge in [-0.15, -0.1) is 0 Å². The van der Waals surface area contributed by atoms with Crippen molar-refractivity contribution >= 4 is 0 Å². The van der Waals surface area contributed by atoms with Crippen molar-refractivity contribution in [2.75, 3.05) is 6.54 Å². The summed E-state index contributed by atoms with van der Waals surface area (Å²) in [4.78, 5) is 0. The molecule has 2 unspecified atom stereocenters. The van der Waals surface area contributed by atoms with Crippen LogP contribution in [0, 0.1) is 13.8 Å². The summed E-state index contributed by atoms with van der Waals surface area (Å²) in [6, 6.07) is 9.91. The lowest BCUT2D eigenvalue weighted by Gasteiger charge is -2.21. The summed E-state index contributed by atoms with van der Waals surface area (Å²) < 4.78 is 5.36. The molecule has 0 amide bonds. The molecule has 1 aromatic heterocycles. The van der Waals surface area contributed by atoms with Crippen LogP contribution in [0.5, 0.6) is 0 Å². The number of aryl methyl sites for hydroxylation is 2. The van der Waals surface area contributed by atoms with Gasteiger partial charge in [-0.2, -0.15) is 0 Å². The van der Waals surface area contributed by atoms with E-state index < -0.39 is 6.10 Å². The molecule has 0 bridgehead atoms. The molecule has 2 atom stereocenters. The Morgan fingerprint density at radius 3 is 2.61 bits per heavy atom. The molecule has 1 heterocycles. The summed E-state index contributed by atoms with van der Waals surface area (Å²) in [5, 5.41) is 10.4. The van der Waals surface area contributed by atoms with Crippen LogP contribution < -0.4 is 5.73 Å². The maximum absolute atomic E-state index is 10.4. The topological polar surface area (TPSA) is 59.4 Å². The number of benzene rings is 1. The van der Waals surface area contributed by atoms with E-state index in [0.29, 0.717) is 12.3 Å². The predicted molar refractivity (Wildman–Crippen MR) is 71.4 cm³/mol. The molecule has 3 heteroatoms. The van der Waals surface area contributed by atoms with Crippen molar-refractivity contribution in [2.45, 2.75) is 25.9 Å². The van der Waals surface area contributed by atoms with Crippen molar-refractivity contribution in [3.05, 3.63) is 59.0 Å². The predicted octanol–water partition coefficient (Wildman–Crippen LogP) is 2.67. The molecule has 96 valence electrons. The van der Waals surface area contributed by atoms with Crippen LogP contribution in [0.1, 0.15) is 34.5 Å². The third-order valence-electron chi connectivity index (χ3n) is 3.28. The second-order valence-corrected chi connectivity index (χ2v) is 4.67. The quantitative estimate of drug-likeness (QED) is 0.870. The van der Waals surface area contributed by atoms with Gasteiger partial charge in [-0.05, 0) is 31.0 Å². The summed E-state index contributed by atoms with van der Waals surface area (Å²) in [6.45, 7) is 4.33. The maximum Gasteiger partial charge on any atom is 0.135 e. The summed E-state index contributed by atoms with van der Waals surface area (Å²) in [5.41, 5.74) is 8.97. The highest BCUT2D eigenvalue weighted by atomic mass is 16.4. The fourth-order valence-electron chi connectivity index (χ4n) is 2.22. The van der Waals surface area contributed by atoms with Crippen LogP contribution in [0.2, 0.25) is 0 Å². The first-order valence-corrected chi connectivity index (χ1v) is 6.12. The van der Waals surface area contributed by atoms with E-state index in [0.717, 1.165) is 16.7 Å². The van der Waals surface area contributed by atoms with Gasteiger partial charge in [-0.1, -0.05) is 29.8 Å². The molecule has 0 saturated carbocycles. The zero-order chi connectivity index (χ0) is 13.1. The van der Waals surface area contributed by atoms with Crippen LogP contribution in [0.4, 0.5) is 0 Å². The van der Waals surface area contributed by atoms with E-state index >= 15 is 0 Å². The molecule has 2 rings (SSSR count). The van der Waals surface area contributed by atoms with E-state index in [1.165, 1.54) is 0 Å². The SMILES string of the molecule is Cc1cccc(C(CN)C(O)c2occc2C)c1. The van der Waals surface area contributed by atoms with Gasteiger partial charge < -0.3 is 15.3 Å². The van der Waals surface area contributed by atoms with Gasteiger partial charge in [-0.25, -0.2) is 0 Å². The van der Waals surface area contributed by atoms with Crippen LogP contribution >= 0.6 is 0 Å². The van der Waals surface area contributed by atoms with E-state index in [9.17, 15) is 5.11 Å². The standard InChI is InChI=1S/C15H19NO2/c1-10-4-3-5-12(8-10)13(9-16)14(17)15-11(2)6-7-18-15/h3-8,13-14,17H,9,16H2,1-2H3. The van der Waals surface area contributed by atoms with Gasteiger partial charge in [-0.3, -0.25) is 0 Å². The van der Waals surface area contributed by atoms with Crippen LogP contribution in [-0.2, 0) is 0 Å². The Morgan fingerprint density at radius 1 is 1.28 bits per heavy atom. The van der Waals surface area contributed by atoms with Crippen molar-refractivity contribution in [3.63, 3.8) is 0 Å². The molecule has 3 N–H and O–H groups in total. The summed E-state index contributed by atoms with van der Waals surface area (Å²) >= 11 is 0. The first-order valence-electron chi connectivity index (χ1n) is 6.12. The lowest BCUT2D eigenvalue weighted by Crippen LogP contribution is -2.20. The summed E-state index contributed by atoms with van der Waals surface area (Å²) in [7, 11) is 0. The first kappa shape index (κ1) is 12.9. The zero-order valence-electron chi connectivity index (χ0n) is 10.8. The number of nitrogens with two attached hydrogens (primary N) is 1. The maximum atomic E-state index is 10.4. The lowest BCUT2D eigenvalue weighted by molar-refractivity contribution is 0.121. The fourth-order valence-corrected chi connectivity index (χ4v) is 2.22. The van der Waals surface area contributed by atoms with Crippen molar-refractivity contribution in [2.24, 2.45) is 5.73 Å². The molecule has 0 spiro atoms. The Hall–Kier alpha value is -1.58. The molecule has 0 fully saturated rings. The number of hydrogen-bond acceptors (Lipinski definition) is 3. The molecular formula is C15H19NO2. The third-order valence-corrected chi connectivity index (χ3v) is 3.28. The molecule has 1 aromatic carbocycles. The molecule has 0 aliphatic heterocycles. The minimum atomic E-state index is -0.702. The van der Waals surface area contributed by atoms with E-state index in [1.807, 2.05) is 38.1 Å². The highest BCUT2D eigenvalue weighted by molar-refractivity contribution is 5.29. The molecule has 0 aliphatic carbocycles. The van der Waals surface area contributed by atoms with Gasteiger partial charge in [0.1, 0.15) is 11.9 Å². The largest absolute Gasteiger partial charge is 0.466 e. The average molecular weight is 245 g/mol. The Labute approximate surface area is 107 Å². The van der Waals surface area contributed by atoms with Gasteiger partial charge >= 0.3 is 0 Å². The molecule has 0 radical (unpaired) electrons. The fraction of sp³-hybridized carbons (Fsp3) is 0.333. The highest BCUT2D eigenvalue weighted by Crippen LogP contribution is 2.32. The summed E-state index contributed by atoms with van der Waals surface area (Å²) in [5.74, 6) is 0.460. The Balaban J connectivity index is 2.32. The van der Waals surface area contributed by atoms with Crippen LogP contribution in [0.25, 0.3) is 0 Å². The lowest BCUT2D eigenvalue weighted by atomic mass is 9.90. The monoisotopic (exact) mass is 245 g/mol. The smallest absolute Gasteiger partial charge is 0.135 e.